The fraction of sp³-hybridized carbons (Fsp3) is 0.148. The van der Waals surface area contributed by atoms with Gasteiger partial charge < -0.3 is 20.1 Å². The zero-order valence-corrected chi connectivity index (χ0v) is 21.8. The Morgan fingerprint density at radius 3 is 2.57 bits per heavy atom. The maximum atomic E-state index is 13.8. The Hall–Kier alpha value is -4.01. The van der Waals surface area contributed by atoms with Crippen LogP contribution in [0.5, 0.6) is 11.5 Å². The topological polar surface area (TPSA) is 90.3 Å². The number of carbonyl (C=O) groups is 1. The number of fused-ring (bicyclic) bond motifs is 1. The number of aromatic nitrogens is 3. The van der Waals surface area contributed by atoms with E-state index in [4.69, 9.17) is 42.8 Å². The van der Waals surface area contributed by atoms with Crippen LogP contribution in [0.25, 0.3) is 11.4 Å². The van der Waals surface area contributed by atoms with Crippen LogP contribution in [0.3, 0.4) is 0 Å². The van der Waals surface area contributed by atoms with Crippen molar-refractivity contribution < 1.29 is 14.3 Å². The lowest BCUT2D eigenvalue weighted by Gasteiger charge is -2.29. The molecule has 0 aliphatic carbocycles. The molecule has 10 heteroatoms. The number of nitrogens with zero attached hydrogens (tertiary/aromatic N) is 3. The molecule has 2 N–H and O–H groups in total. The molecular weight excluding hydrogens is 513 g/mol. The molecule has 188 valence electrons. The van der Waals surface area contributed by atoms with E-state index in [1.54, 1.807) is 43.2 Å². The van der Waals surface area contributed by atoms with Gasteiger partial charge in [-0.05, 0) is 48.9 Å². The number of amides is 1. The third-order valence-corrected chi connectivity index (χ3v) is 6.78. The summed E-state index contributed by atoms with van der Waals surface area (Å²) in [6.45, 7) is 1.82. The van der Waals surface area contributed by atoms with Crippen molar-refractivity contribution >= 4 is 40.7 Å². The number of carbonyl (C=O) groups excluding carboxylic acids is 1. The fourth-order valence-corrected chi connectivity index (χ4v) is 4.56. The van der Waals surface area contributed by atoms with Crippen LogP contribution >= 0.6 is 23.2 Å². The van der Waals surface area contributed by atoms with Crippen LogP contribution in [0.4, 0.5) is 11.6 Å². The van der Waals surface area contributed by atoms with Gasteiger partial charge in [-0.2, -0.15) is 4.98 Å². The van der Waals surface area contributed by atoms with E-state index in [0.29, 0.717) is 50.3 Å². The molecule has 1 aromatic heterocycles. The summed E-state index contributed by atoms with van der Waals surface area (Å²) in [7, 11) is 3.16. The van der Waals surface area contributed by atoms with E-state index in [2.05, 4.69) is 10.6 Å². The molecule has 0 radical (unpaired) electrons. The predicted octanol–water partition coefficient (Wildman–Crippen LogP) is 6.20. The first kappa shape index (κ1) is 24.7. The van der Waals surface area contributed by atoms with Crippen LogP contribution in [0.15, 0.2) is 78.0 Å². The molecule has 1 amide bonds. The summed E-state index contributed by atoms with van der Waals surface area (Å²) in [5, 5.41) is 11.8. The monoisotopic (exact) mass is 535 g/mol. The van der Waals surface area contributed by atoms with Crippen molar-refractivity contribution in [3.8, 4) is 22.9 Å². The molecule has 1 atom stereocenters. The SMILES string of the molecule is COc1cccc(-c2nc3n(n2)C(c2ccc(Cl)c(Cl)c2)C(C(=O)Nc2ccccc2OC)=C(C)N3)c1. The van der Waals surface area contributed by atoms with E-state index in [1.807, 2.05) is 49.4 Å². The van der Waals surface area contributed by atoms with Crippen molar-refractivity contribution in [3.63, 3.8) is 0 Å². The molecule has 0 fully saturated rings. The van der Waals surface area contributed by atoms with E-state index >= 15 is 0 Å². The summed E-state index contributed by atoms with van der Waals surface area (Å²) >= 11 is 12.6. The van der Waals surface area contributed by atoms with E-state index in [-0.39, 0.29) is 5.91 Å². The second-order valence-corrected chi connectivity index (χ2v) is 9.14. The Balaban J connectivity index is 1.62. The molecule has 0 spiro atoms. The van der Waals surface area contributed by atoms with Gasteiger partial charge >= 0.3 is 0 Å². The molecule has 1 aliphatic rings. The Labute approximate surface area is 223 Å². The summed E-state index contributed by atoms with van der Waals surface area (Å²) in [6.07, 6.45) is 0. The smallest absolute Gasteiger partial charge is 0.255 e. The molecule has 4 aromatic rings. The number of rotatable bonds is 6. The standard InChI is InChI=1S/C27H23Cl2N5O3/c1-15-23(26(35)31-21-9-4-5-10-22(21)37-3)24(16-11-12-19(28)20(29)14-16)34-27(30-15)32-25(33-34)17-7-6-8-18(13-17)36-2/h4-14,24H,1-3H3,(H,31,35)(H,30,32,33). The first-order valence-corrected chi connectivity index (χ1v) is 12.1. The van der Waals surface area contributed by atoms with E-state index in [9.17, 15) is 4.79 Å². The number of methoxy groups -OCH3 is 2. The third kappa shape index (κ3) is 4.73. The second kappa shape index (κ2) is 10.2. The highest BCUT2D eigenvalue weighted by Gasteiger charge is 2.35. The average Bonchev–Trinajstić information content (AvgIpc) is 3.33. The Kier molecular flexibility index (Phi) is 6.78. The Morgan fingerprint density at radius 2 is 1.81 bits per heavy atom. The second-order valence-electron chi connectivity index (χ2n) is 8.33. The average molecular weight is 536 g/mol. The van der Waals surface area contributed by atoms with Gasteiger partial charge in [0.05, 0.1) is 35.5 Å². The highest BCUT2D eigenvalue weighted by Crippen LogP contribution is 2.39. The highest BCUT2D eigenvalue weighted by atomic mass is 35.5. The van der Waals surface area contributed by atoms with Gasteiger partial charge in [0.1, 0.15) is 17.5 Å². The molecule has 8 nitrogen and oxygen atoms in total. The number of benzene rings is 3. The molecule has 37 heavy (non-hydrogen) atoms. The van der Waals surface area contributed by atoms with Crippen molar-refractivity contribution in [2.24, 2.45) is 0 Å². The minimum Gasteiger partial charge on any atom is -0.497 e. The van der Waals surface area contributed by atoms with Crippen LogP contribution in [-0.2, 0) is 4.79 Å². The molecule has 3 aromatic carbocycles. The molecular formula is C27H23Cl2N5O3. The van der Waals surface area contributed by atoms with Crippen LogP contribution in [0.1, 0.15) is 18.5 Å². The number of halogens is 2. The van der Waals surface area contributed by atoms with Crippen LogP contribution < -0.4 is 20.1 Å². The zero-order chi connectivity index (χ0) is 26.1. The first-order valence-electron chi connectivity index (χ1n) is 11.4. The van der Waals surface area contributed by atoms with E-state index in [1.165, 1.54) is 0 Å². The number of anilines is 2. The maximum absolute atomic E-state index is 13.8. The lowest BCUT2D eigenvalue weighted by Crippen LogP contribution is -2.31. The lowest BCUT2D eigenvalue weighted by atomic mass is 9.95. The Bertz CT molecular complexity index is 1530. The molecule has 0 saturated carbocycles. The molecule has 1 aliphatic heterocycles. The number of hydrogen-bond acceptors (Lipinski definition) is 6. The maximum Gasteiger partial charge on any atom is 0.255 e. The van der Waals surface area contributed by atoms with Gasteiger partial charge in [-0.25, -0.2) is 4.68 Å². The minimum absolute atomic E-state index is 0.324. The van der Waals surface area contributed by atoms with Crippen molar-refractivity contribution in [2.75, 3.05) is 24.9 Å². The third-order valence-electron chi connectivity index (χ3n) is 6.04. The van der Waals surface area contributed by atoms with E-state index in [0.717, 1.165) is 11.1 Å². The zero-order valence-electron chi connectivity index (χ0n) is 20.3. The lowest BCUT2D eigenvalue weighted by molar-refractivity contribution is -0.113. The van der Waals surface area contributed by atoms with Crippen molar-refractivity contribution in [1.82, 2.24) is 14.8 Å². The molecule has 1 unspecified atom stereocenters. The fourth-order valence-electron chi connectivity index (χ4n) is 4.26. The number of para-hydroxylation sites is 2. The normalized spacial score (nSPS) is 14.6. The summed E-state index contributed by atoms with van der Waals surface area (Å²) in [5.74, 6) is 1.87. The number of hydrogen-bond donors (Lipinski definition) is 2. The Morgan fingerprint density at radius 1 is 1.00 bits per heavy atom. The van der Waals surface area contributed by atoms with Crippen LogP contribution in [0.2, 0.25) is 10.0 Å². The minimum atomic E-state index is -0.632. The van der Waals surface area contributed by atoms with Gasteiger partial charge in [-0.1, -0.05) is 53.5 Å². The summed E-state index contributed by atoms with van der Waals surface area (Å²) in [6, 6.07) is 19.3. The van der Waals surface area contributed by atoms with Gasteiger partial charge in [-0.3, -0.25) is 4.79 Å². The van der Waals surface area contributed by atoms with Gasteiger partial charge in [0.25, 0.3) is 5.91 Å². The molecule has 0 saturated heterocycles. The van der Waals surface area contributed by atoms with E-state index < -0.39 is 6.04 Å². The summed E-state index contributed by atoms with van der Waals surface area (Å²) in [4.78, 5) is 18.5. The number of allylic oxidation sites excluding steroid dienone is 1. The van der Waals surface area contributed by atoms with Gasteiger partial charge in [0.2, 0.25) is 5.95 Å². The van der Waals surface area contributed by atoms with Crippen molar-refractivity contribution in [2.45, 2.75) is 13.0 Å². The van der Waals surface area contributed by atoms with Gasteiger partial charge in [0.15, 0.2) is 5.82 Å². The van der Waals surface area contributed by atoms with Crippen molar-refractivity contribution in [3.05, 3.63) is 93.6 Å². The summed E-state index contributed by atoms with van der Waals surface area (Å²) < 4.78 is 12.4. The quantitative estimate of drug-likeness (QED) is 0.305. The predicted molar refractivity (Wildman–Crippen MR) is 145 cm³/mol. The van der Waals surface area contributed by atoms with Gasteiger partial charge in [0, 0.05) is 11.3 Å². The molecule has 0 bridgehead atoms. The van der Waals surface area contributed by atoms with Crippen molar-refractivity contribution in [1.29, 1.82) is 0 Å². The van der Waals surface area contributed by atoms with Gasteiger partial charge in [-0.15, -0.1) is 5.10 Å². The largest absolute Gasteiger partial charge is 0.497 e. The van der Waals surface area contributed by atoms with Crippen LogP contribution in [0, 0.1) is 0 Å². The first-order chi connectivity index (χ1) is 17.9. The number of nitrogens with one attached hydrogen (secondary N) is 2. The summed E-state index contributed by atoms with van der Waals surface area (Å²) in [5.41, 5.74) is 3.11. The number of ether oxygens (including phenoxy) is 2. The molecule has 5 rings (SSSR count). The molecule has 2 heterocycles. The highest BCUT2D eigenvalue weighted by molar-refractivity contribution is 6.42. The van der Waals surface area contributed by atoms with Crippen LogP contribution in [-0.4, -0.2) is 34.9 Å².